The molecule has 0 saturated carbocycles. The topological polar surface area (TPSA) is 57.2 Å². The highest BCUT2D eigenvalue weighted by atomic mass is 16.5. The highest BCUT2D eigenvalue weighted by Gasteiger charge is 2.22. The van der Waals surface area contributed by atoms with Crippen molar-refractivity contribution in [3.63, 3.8) is 0 Å². The van der Waals surface area contributed by atoms with Crippen LogP contribution in [0.5, 0.6) is 23.0 Å². The fraction of sp³-hybridized carbons (Fsp3) is 0.345. The van der Waals surface area contributed by atoms with Crippen LogP contribution in [0.3, 0.4) is 0 Å². The standard InChI is InChI=1S/C29H35NO5/c1-21(24-11-7-6-8-12-24)30(17-9-10-22-13-15-25(32-2)27(18-22)34-4)29(31)20-23-14-16-26(33-3)28(19-23)35-5/h6-8,11-16,18-19,21H,9-10,17,20H2,1-5H3. The Kier molecular flexibility index (Phi) is 9.41. The molecule has 0 N–H and O–H groups in total. The van der Waals surface area contributed by atoms with Crippen molar-refractivity contribution in [1.29, 1.82) is 0 Å². The number of rotatable bonds is 12. The first kappa shape index (κ1) is 25.9. The summed E-state index contributed by atoms with van der Waals surface area (Å²) in [5.74, 6) is 2.76. The van der Waals surface area contributed by atoms with Gasteiger partial charge in [0.1, 0.15) is 0 Å². The third-order valence-corrected chi connectivity index (χ3v) is 6.19. The summed E-state index contributed by atoms with van der Waals surface area (Å²) in [6.45, 7) is 2.72. The van der Waals surface area contributed by atoms with Crippen molar-refractivity contribution in [2.24, 2.45) is 0 Å². The first-order valence-corrected chi connectivity index (χ1v) is 11.8. The predicted molar refractivity (Wildman–Crippen MR) is 138 cm³/mol. The number of ether oxygens (including phenoxy) is 4. The smallest absolute Gasteiger partial charge is 0.227 e. The second kappa shape index (κ2) is 12.7. The average Bonchev–Trinajstić information content (AvgIpc) is 2.90. The molecule has 0 saturated heterocycles. The van der Waals surface area contributed by atoms with Crippen molar-refractivity contribution in [1.82, 2.24) is 4.90 Å². The van der Waals surface area contributed by atoms with Crippen LogP contribution in [0, 0.1) is 0 Å². The van der Waals surface area contributed by atoms with Crippen LogP contribution in [0.25, 0.3) is 0 Å². The summed E-state index contributed by atoms with van der Waals surface area (Å²) in [5.41, 5.74) is 3.14. The van der Waals surface area contributed by atoms with E-state index in [4.69, 9.17) is 18.9 Å². The van der Waals surface area contributed by atoms with Crippen molar-refractivity contribution in [3.05, 3.63) is 83.4 Å². The molecule has 0 fully saturated rings. The van der Waals surface area contributed by atoms with Crippen molar-refractivity contribution in [2.75, 3.05) is 35.0 Å². The van der Waals surface area contributed by atoms with Gasteiger partial charge in [-0.2, -0.15) is 0 Å². The Morgan fingerprint density at radius 1 is 0.743 bits per heavy atom. The second-order valence-electron chi connectivity index (χ2n) is 8.33. The van der Waals surface area contributed by atoms with Crippen LogP contribution in [0.15, 0.2) is 66.7 Å². The summed E-state index contributed by atoms with van der Waals surface area (Å²) in [6.07, 6.45) is 1.93. The summed E-state index contributed by atoms with van der Waals surface area (Å²) >= 11 is 0. The van der Waals surface area contributed by atoms with Crippen LogP contribution in [-0.2, 0) is 17.6 Å². The van der Waals surface area contributed by atoms with E-state index in [0.717, 1.165) is 29.5 Å². The predicted octanol–water partition coefficient (Wildman–Crippen LogP) is 5.49. The molecule has 0 aromatic heterocycles. The first-order chi connectivity index (χ1) is 17.0. The van der Waals surface area contributed by atoms with Gasteiger partial charge >= 0.3 is 0 Å². The lowest BCUT2D eigenvalue weighted by molar-refractivity contribution is -0.132. The van der Waals surface area contributed by atoms with E-state index in [-0.39, 0.29) is 18.4 Å². The number of amides is 1. The molecule has 0 aliphatic rings. The molecule has 3 aromatic rings. The normalized spacial score (nSPS) is 11.5. The van der Waals surface area contributed by atoms with E-state index >= 15 is 0 Å². The van der Waals surface area contributed by atoms with Gasteiger partial charge in [0.15, 0.2) is 23.0 Å². The molecule has 0 aliphatic heterocycles. The zero-order chi connectivity index (χ0) is 25.2. The Bertz CT molecular complexity index is 1100. The Labute approximate surface area is 208 Å². The molecule has 1 amide bonds. The monoisotopic (exact) mass is 477 g/mol. The highest BCUT2D eigenvalue weighted by molar-refractivity contribution is 5.79. The summed E-state index contributed by atoms with van der Waals surface area (Å²) in [5, 5.41) is 0. The number of methoxy groups -OCH3 is 4. The molecule has 6 heteroatoms. The third kappa shape index (κ3) is 6.69. The van der Waals surface area contributed by atoms with E-state index in [1.165, 1.54) is 0 Å². The van der Waals surface area contributed by atoms with E-state index in [0.29, 0.717) is 29.5 Å². The third-order valence-electron chi connectivity index (χ3n) is 6.19. The number of hydrogen-bond donors (Lipinski definition) is 0. The number of aryl methyl sites for hydroxylation is 1. The molecular formula is C29H35NO5. The summed E-state index contributed by atoms with van der Waals surface area (Å²) in [6, 6.07) is 21.7. The number of carbonyl (C=O) groups is 1. The van der Waals surface area contributed by atoms with E-state index in [2.05, 4.69) is 19.1 Å². The molecule has 35 heavy (non-hydrogen) atoms. The van der Waals surface area contributed by atoms with Gasteiger partial charge in [-0.15, -0.1) is 0 Å². The Hall–Kier alpha value is -3.67. The van der Waals surface area contributed by atoms with Crippen LogP contribution in [0.1, 0.15) is 36.1 Å². The summed E-state index contributed by atoms with van der Waals surface area (Å²) < 4.78 is 21.5. The minimum absolute atomic E-state index is 0.0470. The zero-order valence-corrected chi connectivity index (χ0v) is 21.2. The number of benzene rings is 3. The van der Waals surface area contributed by atoms with E-state index in [1.54, 1.807) is 28.4 Å². The minimum atomic E-state index is -0.0470. The molecule has 0 aliphatic carbocycles. The number of carbonyl (C=O) groups excluding carboxylic acids is 1. The van der Waals surface area contributed by atoms with Gasteiger partial charge < -0.3 is 23.8 Å². The van der Waals surface area contributed by atoms with E-state index in [1.807, 2.05) is 59.5 Å². The van der Waals surface area contributed by atoms with Crippen LogP contribution in [-0.4, -0.2) is 45.8 Å². The maximum atomic E-state index is 13.5. The minimum Gasteiger partial charge on any atom is -0.493 e. The summed E-state index contributed by atoms with van der Waals surface area (Å²) in [4.78, 5) is 15.5. The first-order valence-electron chi connectivity index (χ1n) is 11.8. The molecule has 1 atom stereocenters. The molecular weight excluding hydrogens is 442 g/mol. The van der Waals surface area contributed by atoms with Crippen LogP contribution < -0.4 is 18.9 Å². The van der Waals surface area contributed by atoms with Gasteiger partial charge in [0.2, 0.25) is 5.91 Å². The largest absolute Gasteiger partial charge is 0.493 e. The molecule has 3 rings (SSSR count). The van der Waals surface area contributed by atoms with Crippen molar-refractivity contribution < 1.29 is 23.7 Å². The van der Waals surface area contributed by atoms with Crippen molar-refractivity contribution in [2.45, 2.75) is 32.2 Å². The maximum Gasteiger partial charge on any atom is 0.227 e. The fourth-order valence-electron chi connectivity index (χ4n) is 4.20. The molecule has 0 radical (unpaired) electrons. The van der Waals surface area contributed by atoms with Gasteiger partial charge in [-0.25, -0.2) is 0 Å². The Morgan fingerprint density at radius 2 is 1.29 bits per heavy atom. The second-order valence-corrected chi connectivity index (χ2v) is 8.33. The molecule has 0 bridgehead atoms. The Morgan fingerprint density at radius 3 is 1.86 bits per heavy atom. The van der Waals surface area contributed by atoms with Gasteiger partial charge in [-0.3, -0.25) is 4.79 Å². The van der Waals surface area contributed by atoms with Gasteiger partial charge in [-0.05, 0) is 60.7 Å². The molecule has 3 aromatic carbocycles. The Balaban J connectivity index is 1.76. The lowest BCUT2D eigenvalue weighted by Gasteiger charge is -2.30. The average molecular weight is 478 g/mol. The highest BCUT2D eigenvalue weighted by Crippen LogP contribution is 2.30. The molecule has 186 valence electrons. The fourth-order valence-corrected chi connectivity index (χ4v) is 4.20. The van der Waals surface area contributed by atoms with Gasteiger partial charge in [0, 0.05) is 6.54 Å². The molecule has 6 nitrogen and oxygen atoms in total. The van der Waals surface area contributed by atoms with Crippen molar-refractivity contribution in [3.8, 4) is 23.0 Å². The van der Waals surface area contributed by atoms with Crippen LogP contribution in [0.2, 0.25) is 0 Å². The van der Waals surface area contributed by atoms with Gasteiger partial charge in [0.25, 0.3) is 0 Å². The molecule has 0 heterocycles. The SMILES string of the molecule is COc1ccc(CCCN(C(=O)Cc2ccc(OC)c(OC)c2)C(C)c2ccccc2)cc1OC. The van der Waals surface area contributed by atoms with Crippen LogP contribution in [0.4, 0.5) is 0 Å². The maximum absolute atomic E-state index is 13.5. The summed E-state index contributed by atoms with van der Waals surface area (Å²) in [7, 11) is 6.47. The van der Waals surface area contributed by atoms with Gasteiger partial charge in [0.05, 0.1) is 40.9 Å². The quantitative estimate of drug-likeness (QED) is 0.345. The lowest BCUT2D eigenvalue weighted by atomic mass is 10.0. The number of hydrogen-bond acceptors (Lipinski definition) is 5. The molecule has 1 unspecified atom stereocenters. The van der Waals surface area contributed by atoms with E-state index in [9.17, 15) is 4.79 Å². The van der Waals surface area contributed by atoms with Crippen LogP contribution >= 0.6 is 0 Å². The van der Waals surface area contributed by atoms with Crippen molar-refractivity contribution >= 4 is 5.91 Å². The zero-order valence-electron chi connectivity index (χ0n) is 21.2. The van der Waals surface area contributed by atoms with Gasteiger partial charge in [-0.1, -0.05) is 42.5 Å². The molecule has 0 spiro atoms. The van der Waals surface area contributed by atoms with E-state index < -0.39 is 0 Å². The lowest BCUT2D eigenvalue weighted by Crippen LogP contribution is -2.35. The number of nitrogens with zero attached hydrogens (tertiary/aromatic N) is 1.